The summed E-state index contributed by atoms with van der Waals surface area (Å²) >= 11 is 0. The average Bonchev–Trinajstić information content (AvgIpc) is 2.26. The summed E-state index contributed by atoms with van der Waals surface area (Å²) < 4.78 is 0. The molecule has 1 unspecified atom stereocenters. The van der Waals surface area contributed by atoms with E-state index in [1.807, 2.05) is 0 Å². The second kappa shape index (κ2) is 5.16. The van der Waals surface area contributed by atoms with Gasteiger partial charge in [0, 0.05) is 6.04 Å². The average molecular weight is 197 g/mol. The lowest BCUT2D eigenvalue weighted by molar-refractivity contribution is 0.253. The zero-order valence-electron chi connectivity index (χ0n) is 10.3. The van der Waals surface area contributed by atoms with Crippen LogP contribution in [0.25, 0.3) is 0 Å². The van der Waals surface area contributed by atoms with Crippen molar-refractivity contribution in [1.82, 2.24) is 0 Å². The van der Waals surface area contributed by atoms with Gasteiger partial charge in [0.25, 0.3) is 0 Å². The maximum atomic E-state index is 6.13. The highest BCUT2D eigenvalue weighted by Crippen LogP contribution is 2.35. The highest BCUT2D eigenvalue weighted by molar-refractivity contribution is 4.80. The Balaban J connectivity index is 2.59. The zero-order valence-corrected chi connectivity index (χ0v) is 10.3. The molecule has 14 heavy (non-hydrogen) atoms. The van der Waals surface area contributed by atoms with Gasteiger partial charge in [-0.3, -0.25) is 0 Å². The Bertz CT molecular complexity index is 163. The third-order valence-electron chi connectivity index (χ3n) is 4.00. The van der Waals surface area contributed by atoms with Crippen LogP contribution in [-0.2, 0) is 0 Å². The standard InChI is InChI=1S/C13H27N/c1-9(2)11-5-6-13(14)8-12(7-11)10(3)4/h9-13H,5-8,14H2,1-4H3/t11?,12-,13-/m0/s1. The SMILES string of the molecule is CC(C)C1CC[C@H](N)C[C@@H](C(C)C)C1. The van der Waals surface area contributed by atoms with Crippen LogP contribution in [0.15, 0.2) is 0 Å². The fourth-order valence-electron chi connectivity index (χ4n) is 2.69. The van der Waals surface area contributed by atoms with Crippen molar-refractivity contribution in [2.24, 2.45) is 29.4 Å². The molecule has 0 spiro atoms. The Labute approximate surface area is 89.5 Å². The van der Waals surface area contributed by atoms with Gasteiger partial charge in [-0.1, -0.05) is 27.7 Å². The van der Waals surface area contributed by atoms with Crippen molar-refractivity contribution >= 4 is 0 Å². The lowest BCUT2D eigenvalue weighted by Gasteiger charge is -2.25. The second-order valence-corrected chi connectivity index (χ2v) is 5.82. The molecule has 84 valence electrons. The van der Waals surface area contributed by atoms with E-state index >= 15 is 0 Å². The van der Waals surface area contributed by atoms with Crippen LogP contribution in [0.4, 0.5) is 0 Å². The summed E-state index contributed by atoms with van der Waals surface area (Å²) in [5.41, 5.74) is 6.13. The molecule has 0 saturated heterocycles. The molecule has 1 rings (SSSR count). The van der Waals surface area contributed by atoms with E-state index in [1.165, 1.54) is 25.7 Å². The Morgan fingerprint density at radius 1 is 0.857 bits per heavy atom. The Kier molecular flexibility index (Phi) is 4.43. The first-order chi connectivity index (χ1) is 6.50. The Hall–Kier alpha value is -0.0400. The van der Waals surface area contributed by atoms with E-state index in [9.17, 15) is 0 Å². The normalized spacial score (nSPS) is 34.9. The van der Waals surface area contributed by atoms with Gasteiger partial charge in [-0.2, -0.15) is 0 Å². The first-order valence-electron chi connectivity index (χ1n) is 6.26. The minimum absolute atomic E-state index is 0.464. The van der Waals surface area contributed by atoms with Crippen LogP contribution >= 0.6 is 0 Å². The number of nitrogens with two attached hydrogens (primary N) is 1. The van der Waals surface area contributed by atoms with E-state index in [1.54, 1.807) is 0 Å². The molecule has 2 N–H and O–H groups in total. The van der Waals surface area contributed by atoms with Crippen LogP contribution in [-0.4, -0.2) is 6.04 Å². The topological polar surface area (TPSA) is 26.0 Å². The molecular weight excluding hydrogens is 170 g/mol. The van der Waals surface area contributed by atoms with E-state index in [4.69, 9.17) is 5.73 Å². The highest BCUT2D eigenvalue weighted by atomic mass is 14.6. The molecule has 1 aliphatic carbocycles. The Morgan fingerprint density at radius 2 is 1.43 bits per heavy atom. The van der Waals surface area contributed by atoms with Crippen molar-refractivity contribution in [2.45, 2.75) is 59.4 Å². The maximum absolute atomic E-state index is 6.13. The van der Waals surface area contributed by atoms with Gasteiger partial charge < -0.3 is 5.73 Å². The van der Waals surface area contributed by atoms with Gasteiger partial charge in [-0.05, 0) is 49.4 Å². The summed E-state index contributed by atoms with van der Waals surface area (Å²) in [7, 11) is 0. The van der Waals surface area contributed by atoms with Gasteiger partial charge in [0.2, 0.25) is 0 Å². The van der Waals surface area contributed by atoms with Crippen molar-refractivity contribution in [3.8, 4) is 0 Å². The van der Waals surface area contributed by atoms with E-state index in [2.05, 4.69) is 27.7 Å². The number of hydrogen-bond donors (Lipinski definition) is 1. The van der Waals surface area contributed by atoms with Gasteiger partial charge >= 0.3 is 0 Å². The molecule has 1 saturated carbocycles. The highest BCUT2D eigenvalue weighted by Gasteiger charge is 2.27. The van der Waals surface area contributed by atoms with Gasteiger partial charge in [0.15, 0.2) is 0 Å². The van der Waals surface area contributed by atoms with Crippen LogP contribution in [0.3, 0.4) is 0 Å². The summed E-state index contributed by atoms with van der Waals surface area (Å²) in [6.45, 7) is 9.41. The van der Waals surface area contributed by atoms with Crippen molar-refractivity contribution in [3.05, 3.63) is 0 Å². The first kappa shape index (κ1) is 12.0. The quantitative estimate of drug-likeness (QED) is 0.674. The molecule has 0 aliphatic heterocycles. The second-order valence-electron chi connectivity index (χ2n) is 5.82. The smallest absolute Gasteiger partial charge is 0.00416 e. The fourth-order valence-corrected chi connectivity index (χ4v) is 2.69. The van der Waals surface area contributed by atoms with Gasteiger partial charge in [0.05, 0.1) is 0 Å². The molecule has 0 aromatic carbocycles. The lowest BCUT2D eigenvalue weighted by atomic mass is 9.81. The zero-order chi connectivity index (χ0) is 10.7. The monoisotopic (exact) mass is 197 g/mol. The molecule has 3 atom stereocenters. The van der Waals surface area contributed by atoms with E-state index in [0.29, 0.717) is 6.04 Å². The summed E-state index contributed by atoms with van der Waals surface area (Å²) in [5, 5.41) is 0. The lowest BCUT2D eigenvalue weighted by Crippen LogP contribution is -2.23. The number of hydrogen-bond acceptors (Lipinski definition) is 1. The van der Waals surface area contributed by atoms with Gasteiger partial charge in [0.1, 0.15) is 0 Å². The van der Waals surface area contributed by atoms with Gasteiger partial charge in [-0.25, -0.2) is 0 Å². The minimum atomic E-state index is 0.464. The number of rotatable bonds is 2. The van der Waals surface area contributed by atoms with Crippen molar-refractivity contribution in [1.29, 1.82) is 0 Å². The van der Waals surface area contributed by atoms with E-state index < -0.39 is 0 Å². The molecule has 0 radical (unpaired) electrons. The molecule has 1 fully saturated rings. The summed E-state index contributed by atoms with van der Waals surface area (Å²) in [4.78, 5) is 0. The van der Waals surface area contributed by atoms with Crippen LogP contribution in [0.5, 0.6) is 0 Å². The van der Waals surface area contributed by atoms with Crippen LogP contribution in [0.1, 0.15) is 53.4 Å². The third kappa shape index (κ3) is 3.27. The van der Waals surface area contributed by atoms with Crippen molar-refractivity contribution in [3.63, 3.8) is 0 Å². The van der Waals surface area contributed by atoms with Crippen molar-refractivity contribution < 1.29 is 0 Å². The molecule has 0 heterocycles. The maximum Gasteiger partial charge on any atom is 0.00416 e. The minimum Gasteiger partial charge on any atom is -0.328 e. The predicted octanol–water partition coefficient (Wildman–Crippen LogP) is 3.43. The summed E-state index contributed by atoms with van der Waals surface area (Å²) in [6, 6.07) is 0.464. The van der Waals surface area contributed by atoms with Crippen LogP contribution in [0.2, 0.25) is 0 Å². The molecule has 0 aromatic heterocycles. The first-order valence-corrected chi connectivity index (χ1v) is 6.26. The molecule has 0 aromatic rings. The largest absolute Gasteiger partial charge is 0.328 e. The molecule has 1 aliphatic rings. The van der Waals surface area contributed by atoms with E-state index in [-0.39, 0.29) is 0 Å². The molecule has 1 heteroatoms. The summed E-state index contributed by atoms with van der Waals surface area (Å²) in [6.07, 6.45) is 5.25. The summed E-state index contributed by atoms with van der Waals surface area (Å²) in [5.74, 6) is 3.41. The van der Waals surface area contributed by atoms with Crippen LogP contribution < -0.4 is 5.73 Å². The molecular formula is C13H27N. The molecule has 0 bridgehead atoms. The third-order valence-corrected chi connectivity index (χ3v) is 4.00. The van der Waals surface area contributed by atoms with Crippen molar-refractivity contribution in [2.75, 3.05) is 0 Å². The Morgan fingerprint density at radius 3 is 1.93 bits per heavy atom. The predicted molar refractivity (Wildman–Crippen MR) is 63.1 cm³/mol. The van der Waals surface area contributed by atoms with Crippen LogP contribution in [0, 0.1) is 23.7 Å². The molecule has 1 nitrogen and oxygen atoms in total. The molecule has 0 amide bonds. The van der Waals surface area contributed by atoms with Gasteiger partial charge in [-0.15, -0.1) is 0 Å². The van der Waals surface area contributed by atoms with E-state index in [0.717, 1.165) is 23.7 Å². The fraction of sp³-hybridized carbons (Fsp3) is 1.00.